The number of benzene rings is 1. The van der Waals surface area contributed by atoms with Crippen molar-refractivity contribution in [2.45, 2.75) is 6.04 Å². The number of aromatic amines is 1. The highest BCUT2D eigenvalue weighted by Crippen LogP contribution is 2.19. The number of H-pyrrole nitrogens is 1. The van der Waals surface area contributed by atoms with Gasteiger partial charge in [-0.3, -0.25) is 14.8 Å². The van der Waals surface area contributed by atoms with E-state index in [0.717, 1.165) is 37.1 Å². The summed E-state index contributed by atoms with van der Waals surface area (Å²) < 4.78 is 5.08. The highest BCUT2D eigenvalue weighted by atomic mass is 16.5. The molecule has 1 N–H and O–H groups in total. The first-order valence-corrected chi connectivity index (χ1v) is 7.10. The molecule has 1 aliphatic rings. The molecule has 0 saturated carbocycles. The summed E-state index contributed by atoms with van der Waals surface area (Å²) in [7, 11) is 3.78. The number of likely N-dealkylation sites (tertiary alicyclic amines) is 1. The van der Waals surface area contributed by atoms with Crippen LogP contribution in [0.2, 0.25) is 0 Å². The fourth-order valence-corrected chi connectivity index (χ4v) is 2.57. The Morgan fingerprint density at radius 3 is 3.10 bits per heavy atom. The van der Waals surface area contributed by atoms with Gasteiger partial charge in [-0.15, -0.1) is 0 Å². The lowest BCUT2D eigenvalue weighted by atomic mass is 10.0. The second kappa shape index (κ2) is 5.83. The average molecular weight is 288 g/mol. The van der Waals surface area contributed by atoms with Gasteiger partial charge in [-0.05, 0) is 19.2 Å². The van der Waals surface area contributed by atoms with E-state index in [2.05, 4.69) is 22.1 Å². The number of hydrogen-bond donors (Lipinski definition) is 1. The van der Waals surface area contributed by atoms with Gasteiger partial charge in [0.2, 0.25) is 0 Å². The molecular weight excluding hydrogens is 268 g/mol. The Hall–Kier alpha value is -1.92. The molecule has 112 valence electrons. The predicted octanol–water partition coefficient (Wildman–Crippen LogP) is 0.965. The number of amides is 1. The highest BCUT2D eigenvalue weighted by Gasteiger charge is 2.33. The molecule has 2 aromatic rings. The Kier molecular flexibility index (Phi) is 3.90. The fourth-order valence-electron chi connectivity index (χ4n) is 2.57. The van der Waals surface area contributed by atoms with Crippen LogP contribution in [0.25, 0.3) is 10.9 Å². The molecule has 0 aliphatic carbocycles. The monoisotopic (exact) mass is 288 g/mol. The van der Waals surface area contributed by atoms with Crippen molar-refractivity contribution in [3.05, 3.63) is 30.0 Å². The topological polar surface area (TPSA) is 61.5 Å². The van der Waals surface area contributed by atoms with Crippen molar-refractivity contribution in [3.8, 4) is 0 Å². The molecule has 1 aromatic carbocycles. The van der Waals surface area contributed by atoms with Gasteiger partial charge >= 0.3 is 0 Å². The van der Waals surface area contributed by atoms with Crippen LogP contribution < -0.4 is 0 Å². The average Bonchev–Trinajstić information content (AvgIpc) is 2.90. The highest BCUT2D eigenvalue weighted by molar-refractivity contribution is 5.98. The minimum Gasteiger partial charge on any atom is -0.383 e. The predicted molar refractivity (Wildman–Crippen MR) is 80.3 cm³/mol. The van der Waals surface area contributed by atoms with Crippen LogP contribution in [-0.2, 0) is 4.74 Å². The zero-order valence-electron chi connectivity index (χ0n) is 12.4. The third kappa shape index (κ3) is 2.77. The lowest BCUT2D eigenvalue weighted by molar-refractivity contribution is 0.0276. The van der Waals surface area contributed by atoms with Crippen LogP contribution in [0.1, 0.15) is 10.4 Å². The number of methoxy groups -OCH3 is 1. The molecule has 3 rings (SSSR count). The summed E-state index contributed by atoms with van der Waals surface area (Å²) in [5.41, 5.74) is 1.61. The maximum absolute atomic E-state index is 12.4. The van der Waals surface area contributed by atoms with Crippen molar-refractivity contribution >= 4 is 16.8 Å². The van der Waals surface area contributed by atoms with Crippen molar-refractivity contribution in [1.82, 2.24) is 20.0 Å². The lowest BCUT2D eigenvalue weighted by Gasteiger charge is -2.44. The number of likely N-dealkylation sites (N-methyl/N-ethyl adjacent to an activating group) is 1. The number of ether oxygens (including phenoxy) is 1. The fraction of sp³-hybridized carbons (Fsp3) is 0.467. The summed E-state index contributed by atoms with van der Waals surface area (Å²) in [6, 6.07) is 6.09. The molecule has 1 fully saturated rings. The SMILES string of the molecule is COCCN(C)C1CN(C(=O)c2ccc3cn[nH]c3c2)C1. The number of aromatic nitrogens is 2. The van der Waals surface area contributed by atoms with E-state index < -0.39 is 0 Å². The van der Waals surface area contributed by atoms with Crippen LogP contribution in [-0.4, -0.2) is 72.3 Å². The van der Waals surface area contributed by atoms with Gasteiger partial charge in [0.1, 0.15) is 0 Å². The minimum absolute atomic E-state index is 0.0860. The summed E-state index contributed by atoms with van der Waals surface area (Å²) in [5, 5.41) is 7.89. The van der Waals surface area contributed by atoms with Crippen LogP contribution in [0.5, 0.6) is 0 Å². The second-order valence-corrected chi connectivity index (χ2v) is 5.51. The normalized spacial score (nSPS) is 15.7. The Bertz CT molecular complexity index is 633. The largest absolute Gasteiger partial charge is 0.383 e. The van der Waals surface area contributed by atoms with Gasteiger partial charge in [0.25, 0.3) is 5.91 Å². The van der Waals surface area contributed by atoms with E-state index in [1.165, 1.54) is 0 Å². The van der Waals surface area contributed by atoms with Gasteiger partial charge in [-0.2, -0.15) is 5.10 Å². The smallest absolute Gasteiger partial charge is 0.254 e. The standard InChI is InChI=1S/C15H20N4O2/c1-18(5-6-21-2)13-9-19(10-13)15(20)11-3-4-12-8-16-17-14(12)7-11/h3-4,7-8,13H,5-6,9-10H2,1-2H3,(H,16,17). The zero-order valence-corrected chi connectivity index (χ0v) is 12.4. The van der Waals surface area contributed by atoms with Crippen molar-refractivity contribution in [2.75, 3.05) is 40.4 Å². The van der Waals surface area contributed by atoms with E-state index >= 15 is 0 Å². The summed E-state index contributed by atoms with van der Waals surface area (Å²) in [5.74, 6) is 0.0860. The second-order valence-electron chi connectivity index (χ2n) is 5.51. The zero-order chi connectivity index (χ0) is 14.8. The Balaban J connectivity index is 1.60. The molecule has 0 atom stereocenters. The van der Waals surface area contributed by atoms with Crippen molar-refractivity contribution in [3.63, 3.8) is 0 Å². The number of nitrogens with zero attached hydrogens (tertiary/aromatic N) is 3. The van der Waals surface area contributed by atoms with E-state index in [1.807, 2.05) is 23.1 Å². The summed E-state index contributed by atoms with van der Waals surface area (Å²) in [6.45, 7) is 3.17. The maximum Gasteiger partial charge on any atom is 0.254 e. The van der Waals surface area contributed by atoms with Crippen LogP contribution in [0.3, 0.4) is 0 Å². The van der Waals surface area contributed by atoms with E-state index in [-0.39, 0.29) is 5.91 Å². The molecule has 1 amide bonds. The van der Waals surface area contributed by atoms with Gasteiger partial charge in [0.15, 0.2) is 0 Å². The summed E-state index contributed by atoms with van der Waals surface area (Å²) in [6.07, 6.45) is 1.76. The van der Waals surface area contributed by atoms with Gasteiger partial charge in [0.05, 0.1) is 18.3 Å². The molecule has 21 heavy (non-hydrogen) atoms. The molecule has 1 saturated heterocycles. The van der Waals surface area contributed by atoms with Gasteiger partial charge in [-0.1, -0.05) is 6.07 Å². The molecular formula is C15H20N4O2. The van der Waals surface area contributed by atoms with E-state index in [1.54, 1.807) is 13.3 Å². The first-order valence-electron chi connectivity index (χ1n) is 7.10. The molecule has 1 aliphatic heterocycles. The molecule has 1 aromatic heterocycles. The molecule has 2 heterocycles. The number of hydrogen-bond acceptors (Lipinski definition) is 4. The van der Waals surface area contributed by atoms with Gasteiger partial charge in [-0.25, -0.2) is 0 Å². The van der Waals surface area contributed by atoms with E-state index in [0.29, 0.717) is 11.6 Å². The maximum atomic E-state index is 12.4. The van der Waals surface area contributed by atoms with Crippen LogP contribution in [0, 0.1) is 0 Å². The van der Waals surface area contributed by atoms with Gasteiger partial charge in [0, 0.05) is 43.7 Å². The van der Waals surface area contributed by atoms with Crippen molar-refractivity contribution in [1.29, 1.82) is 0 Å². The third-order valence-electron chi connectivity index (χ3n) is 4.11. The number of rotatable bonds is 5. The van der Waals surface area contributed by atoms with Crippen LogP contribution in [0.15, 0.2) is 24.4 Å². The Morgan fingerprint density at radius 1 is 1.52 bits per heavy atom. The Morgan fingerprint density at radius 2 is 2.33 bits per heavy atom. The van der Waals surface area contributed by atoms with Gasteiger partial charge < -0.3 is 9.64 Å². The van der Waals surface area contributed by atoms with Crippen molar-refractivity contribution < 1.29 is 9.53 Å². The molecule has 6 nitrogen and oxygen atoms in total. The minimum atomic E-state index is 0.0860. The summed E-state index contributed by atoms with van der Waals surface area (Å²) in [4.78, 5) is 16.5. The molecule has 0 spiro atoms. The number of nitrogens with one attached hydrogen (secondary N) is 1. The van der Waals surface area contributed by atoms with Crippen molar-refractivity contribution in [2.24, 2.45) is 0 Å². The number of carbonyl (C=O) groups excluding carboxylic acids is 1. The Labute approximate surface area is 123 Å². The molecule has 6 heteroatoms. The van der Waals surface area contributed by atoms with Crippen LogP contribution in [0.4, 0.5) is 0 Å². The molecule has 0 radical (unpaired) electrons. The molecule has 0 unspecified atom stereocenters. The quantitative estimate of drug-likeness (QED) is 0.890. The van der Waals surface area contributed by atoms with E-state index in [9.17, 15) is 4.79 Å². The third-order valence-corrected chi connectivity index (χ3v) is 4.11. The number of carbonyl (C=O) groups is 1. The lowest BCUT2D eigenvalue weighted by Crippen LogP contribution is -2.60. The number of fused-ring (bicyclic) bond motifs is 1. The molecule has 0 bridgehead atoms. The summed E-state index contributed by atoms with van der Waals surface area (Å²) >= 11 is 0. The van der Waals surface area contributed by atoms with E-state index in [4.69, 9.17) is 4.74 Å². The first kappa shape index (κ1) is 14.0. The first-order chi connectivity index (χ1) is 10.2. The van der Waals surface area contributed by atoms with Crippen LogP contribution >= 0.6 is 0 Å².